The lowest BCUT2D eigenvalue weighted by atomic mass is 9.87. The van der Waals surface area contributed by atoms with Crippen molar-refractivity contribution in [2.24, 2.45) is 11.3 Å². The van der Waals surface area contributed by atoms with Crippen molar-refractivity contribution in [3.8, 4) is 11.5 Å². The second kappa shape index (κ2) is 14.6. The molecule has 1 N–H and O–H groups in total. The second-order valence-electron chi connectivity index (χ2n) is 17.8. The third-order valence-corrected chi connectivity index (χ3v) is 14.4. The molecule has 50 heavy (non-hydrogen) atoms. The maximum Gasteiger partial charge on any atom is 0.240 e. The molecule has 2 fully saturated rings. The number of ether oxygens (including phenoxy) is 3. The van der Waals surface area contributed by atoms with Crippen LogP contribution in [0, 0.1) is 18.3 Å². The molecule has 3 heterocycles. The molecule has 1 aliphatic heterocycles. The van der Waals surface area contributed by atoms with Crippen LogP contribution in [0.15, 0.2) is 12.1 Å². The van der Waals surface area contributed by atoms with Crippen LogP contribution < -0.4 is 4.90 Å². The Kier molecular flexibility index (Phi) is 10.9. The number of anilines is 1. The van der Waals surface area contributed by atoms with Gasteiger partial charge in [0.1, 0.15) is 19.2 Å². The van der Waals surface area contributed by atoms with E-state index < -0.39 is 16.1 Å². The summed E-state index contributed by atoms with van der Waals surface area (Å²) in [7, 11) is -0.630. The third-order valence-electron chi connectivity index (χ3n) is 11.0. The summed E-state index contributed by atoms with van der Waals surface area (Å²) >= 11 is 0. The van der Waals surface area contributed by atoms with E-state index in [1.54, 1.807) is 4.90 Å². The van der Waals surface area contributed by atoms with Gasteiger partial charge in [-0.1, -0.05) is 46.2 Å². The van der Waals surface area contributed by atoms with Gasteiger partial charge in [0.05, 0.1) is 36.9 Å². The van der Waals surface area contributed by atoms with Crippen molar-refractivity contribution < 1.29 is 24.1 Å². The van der Waals surface area contributed by atoms with Gasteiger partial charge in [-0.05, 0) is 67.3 Å². The fourth-order valence-electron chi connectivity index (χ4n) is 7.37. The Morgan fingerprint density at radius 3 is 2.48 bits per heavy atom. The van der Waals surface area contributed by atoms with Gasteiger partial charge in [0.15, 0.2) is 5.82 Å². The Bertz CT molecular complexity index is 1690. The number of imidazole rings is 1. The first-order valence-electron chi connectivity index (χ1n) is 18.5. The molecule has 1 amide bonds. The fourth-order valence-corrected chi connectivity index (χ4v) is 8.88. The number of amides is 1. The zero-order valence-corrected chi connectivity index (χ0v) is 34.0. The zero-order chi connectivity index (χ0) is 36.0. The fraction of sp³-hybridized carbons (Fsp3) is 0.703. The zero-order valence-electron chi connectivity index (χ0n) is 32.0. The van der Waals surface area contributed by atoms with Crippen molar-refractivity contribution in [2.75, 3.05) is 58.0 Å². The van der Waals surface area contributed by atoms with Crippen molar-refractivity contribution in [1.82, 2.24) is 24.2 Å². The standard InChI is InChI=1S/C37H60N6O5Si2/c1-26-16-32-30(18-31(26)40(3)34(45)22-41-10-11-48-28(21-41)23-44)38-36(42(32)24-46-12-14-49(4,5)6)35-29-17-27-19-37(27,2)20-33(29)43(39-35)25-47-13-15-50(7,8)9/h16,18,27-28,44H,10-15,17,19-25H2,1-9H3/t27-,28?,37-/m1/s1. The number of morpholine rings is 1. The van der Waals surface area contributed by atoms with E-state index in [1.165, 1.54) is 17.7 Å². The minimum absolute atomic E-state index is 0.00482. The summed E-state index contributed by atoms with van der Waals surface area (Å²) in [5.74, 6) is 1.50. The van der Waals surface area contributed by atoms with Crippen LogP contribution in [0.5, 0.6) is 0 Å². The molecule has 2 aromatic heterocycles. The number of nitrogens with zero attached hydrogens (tertiary/aromatic N) is 6. The molecule has 1 aromatic carbocycles. The molecule has 1 unspecified atom stereocenters. The van der Waals surface area contributed by atoms with Crippen molar-refractivity contribution in [3.05, 3.63) is 29.0 Å². The van der Waals surface area contributed by atoms with Crippen LogP contribution in [-0.2, 0) is 45.3 Å². The molecule has 3 aliphatic rings. The number of aliphatic hydroxyl groups is 1. The minimum Gasteiger partial charge on any atom is -0.394 e. The Labute approximate surface area is 300 Å². The number of rotatable bonds is 15. The number of benzene rings is 1. The van der Waals surface area contributed by atoms with E-state index in [9.17, 15) is 9.90 Å². The summed E-state index contributed by atoms with van der Waals surface area (Å²) in [6.07, 6.45) is 3.02. The SMILES string of the molecule is Cc1cc2c(cc1N(C)C(=O)CN1CCOC(CO)C1)nc(-c1nn(COCC[Si](C)(C)C)c3c1C[C@@H]1C[C@]1(C)C3)n2COCC[Si](C)(C)C. The van der Waals surface area contributed by atoms with Gasteiger partial charge in [0, 0.05) is 66.4 Å². The van der Waals surface area contributed by atoms with Gasteiger partial charge in [-0.15, -0.1) is 0 Å². The normalized spacial score (nSPS) is 22.5. The largest absolute Gasteiger partial charge is 0.394 e. The van der Waals surface area contributed by atoms with E-state index in [4.69, 9.17) is 24.3 Å². The predicted octanol–water partition coefficient (Wildman–Crippen LogP) is 5.61. The first-order chi connectivity index (χ1) is 23.5. The summed E-state index contributed by atoms with van der Waals surface area (Å²) in [5, 5.41) is 14.8. The van der Waals surface area contributed by atoms with Crippen LogP contribution >= 0.6 is 0 Å². The van der Waals surface area contributed by atoms with E-state index in [1.807, 2.05) is 13.1 Å². The third kappa shape index (κ3) is 8.45. The summed E-state index contributed by atoms with van der Waals surface area (Å²) in [4.78, 5) is 22.6. The molecular weight excluding hydrogens is 665 g/mol. The Morgan fingerprint density at radius 2 is 1.80 bits per heavy atom. The van der Waals surface area contributed by atoms with E-state index in [0.29, 0.717) is 51.1 Å². The first-order valence-corrected chi connectivity index (χ1v) is 25.9. The number of aromatic nitrogens is 4. The van der Waals surface area contributed by atoms with Crippen LogP contribution in [0.25, 0.3) is 22.6 Å². The number of carbonyl (C=O) groups is 1. The molecule has 6 rings (SSSR count). The van der Waals surface area contributed by atoms with Crippen LogP contribution in [0.3, 0.4) is 0 Å². The summed E-state index contributed by atoms with van der Waals surface area (Å²) in [6, 6.07) is 6.40. The molecule has 2 aliphatic carbocycles. The van der Waals surface area contributed by atoms with E-state index in [0.717, 1.165) is 65.3 Å². The maximum absolute atomic E-state index is 13.5. The van der Waals surface area contributed by atoms with E-state index in [2.05, 4.69) is 73.3 Å². The van der Waals surface area contributed by atoms with Crippen molar-refractivity contribution in [1.29, 1.82) is 0 Å². The lowest BCUT2D eigenvalue weighted by molar-refractivity contribution is -0.122. The molecular formula is C37H60N6O5Si2. The van der Waals surface area contributed by atoms with Gasteiger partial charge >= 0.3 is 0 Å². The van der Waals surface area contributed by atoms with Crippen LogP contribution in [0.1, 0.15) is 30.2 Å². The molecule has 3 aromatic rings. The van der Waals surface area contributed by atoms with Gasteiger partial charge in [-0.3, -0.25) is 14.3 Å². The van der Waals surface area contributed by atoms with E-state index in [-0.39, 0.29) is 25.2 Å². The van der Waals surface area contributed by atoms with Crippen LogP contribution in [0.2, 0.25) is 51.4 Å². The lowest BCUT2D eigenvalue weighted by Gasteiger charge is -2.32. The highest BCUT2D eigenvalue weighted by atomic mass is 28.3. The number of carbonyl (C=O) groups excluding carboxylic acids is 1. The average molecular weight is 725 g/mol. The number of aryl methyl sites for hydroxylation is 1. The molecule has 1 saturated carbocycles. The van der Waals surface area contributed by atoms with E-state index >= 15 is 0 Å². The summed E-state index contributed by atoms with van der Waals surface area (Å²) in [5.41, 5.74) is 7.51. The van der Waals surface area contributed by atoms with Crippen molar-refractivity contribution in [3.63, 3.8) is 0 Å². The molecule has 11 nitrogen and oxygen atoms in total. The number of hydrogen-bond donors (Lipinski definition) is 1. The first kappa shape index (κ1) is 37.4. The second-order valence-corrected chi connectivity index (χ2v) is 29.0. The molecule has 13 heteroatoms. The van der Waals surface area contributed by atoms with Crippen LogP contribution in [0.4, 0.5) is 5.69 Å². The molecule has 0 radical (unpaired) electrons. The van der Waals surface area contributed by atoms with Gasteiger partial charge in [0.25, 0.3) is 0 Å². The molecule has 276 valence electrons. The quantitative estimate of drug-likeness (QED) is 0.159. The number of hydrogen-bond acceptors (Lipinski definition) is 8. The smallest absolute Gasteiger partial charge is 0.240 e. The number of likely N-dealkylation sites (N-methyl/N-ethyl adjacent to an activating group) is 1. The molecule has 3 atom stereocenters. The Hall–Kier alpha value is -2.40. The molecule has 1 saturated heterocycles. The van der Waals surface area contributed by atoms with Gasteiger partial charge in [-0.25, -0.2) is 9.67 Å². The monoisotopic (exact) mass is 724 g/mol. The highest BCUT2D eigenvalue weighted by Gasteiger charge is 2.54. The lowest BCUT2D eigenvalue weighted by Crippen LogP contribution is -2.48. The Balaban J connectivity index is 1.34. The summed E-state index contributed by atoms with van der Waals surface area (Å²) in [6.45, 7) is 23.0. The van der Waals surface area contributed by atoms with Crippen molar-refractivity contribution in [2.45, 2.75) is 104 Å². The van der Waals surface area contributed by atoms with Crippen molar-refractivity contribution >= 4 is 38.8 Å². The van der Waals surface area contributed by atoms with Gasteiger partial charge < -0.3 is 24.2 Å². The Morgan fingerprint density at radius 1 is 1.10 bits per heavy atom. The van der Waals surface area contributed by atoms with Gasteiger partial charge in [-0.2, -0.15) is 5.10 Å². The highest BCUT2D eigenvalue weighted by molar-refractivity contribution is 6.76. The molecule has 0 bridgehead atoms. The minimum atomic E-state index is -1.26. The average Bonchev–Trinajstić information content (AvgIpc) is 3.42. The maximum atomic E-state index is 13.5. The number of aliphatic hydroxyl groups excluding tert-OH is 1. The summed E-state index contributed by atoms with van der Waals surface area (Å²) < 4.78 is 22.6. The highest BCUT2D eigenvalue weighted by Crippen LogP contribution is 2.60. The van der Waals surface area contributed by atoms with Gasteiger partial charge in [0.2, 0.25) is 5.91 Å². The topological polar surface area (TPSA) is 107 Å². The predicted molar refractivity (Wildman–Crippen MR) is 204 cm³/mol. The molecule has 0 spiro atoms. The number of fused-ring (bicyclic) bond motifs is 3. The van der Waals surface area contributed by atoms with Crippen LogP contribution in [-0.4, -0.2) is 111 Å².